The minimum atomic E-state index is -0.692. The molecule has 1 N–H and O–H groups in total. The highest BCUT2D eigenvalue weighted by molar-refractivity contribution is 5.73. The number of carboxylic acid groups (broad SMARTS) is 1. The van der Waals surface area contributed by atoms with Gasteiger partial charge >= 0.3 is 5.97 Å². The van der Waals surface area contributed by atoms with Crippen molar-refractivity contribution in [1.82, 2.24) is 4.90 Å². The molecule has 0 amide bonds. The van der Waals surface area contributed by atoms with Crippen LogP contribution in [0, 0.1) is 0 Å². The van der Waals surface area contributed by atoms with E-state index < -0.39 is 5.97 Å². The molecule has 76 valence electrons. The SMILES string of the molecule is CCCCN(C1CC1)C(C)C(=O)O. The van der Waals surface area contributed by atoms with Crippen molar-refractivity contribution in [2.45, 2.75) is 51.6 Å². The number of hydrogen-bond donors (Lipinski definition) is 1. The van der Waals surface area contributed by atoms with Crippen molar-refractivity contribution >= 4 is 5.97 Å². The first-order valence-corrected chi connectivity index (χ1v) is 5.15. The van der Waals surface area contributed by atoms with Crippen molar-refractivity contribution in [3.63, 3.8) is 0 Å². The highest BCUT2D eigenvalue weighted by atomic mass is 16.4. The monoisotopic (exact) mass is 185 g/mol. The van der Waals surface area contributed by atoms with Crippen LogP contribution in [0.5, 0.6) is 0 Å². The molecule has 1 atom stereocenters. The van der Waals surface area contributed by atoms with Crippen LogP contribution < -0.4 is 0 Å². The molecule has 0 bridgehead atoms. The first-order chi connectivity index (χ1) is 6.16. The lowest BCUT2D eigenvalue weighted by molar-refractivity contribution is -0.142. The number of unbranched alkanes of at least 4 members (excludes halogenated alkanes) is 1. The molecule has 0 spiro atoms. The van der Waals surface area contributed by atoms with Crippen LogP contribution in [0.1, 0.15) is 39.5 Å². The Labute approximate surface area is 79.7 Å². The third-order valence-electron chi connectivity index (χ3n) is 2.64. The van der Waals surface area contributed by atoms with Crippen molar-refractivity contribution in [1.29, 1.82) is 0 Å². The Kier molecular flexibility index (Phi) is 3.72. The minimum absolute atomic E-state index is 0.306. The van der Waals surface area contributed by atoms with Gasteiger partial charge in [-0.3, -0.25) is 9.69 Å². The molecule has 3 nitrogen and oxygen atoms in total. The van der Waals surface area contributed by atoms with Crippen LogP contribution in [0.25, 0.3) is 0 Å². The smallest absolute Gasteiger partial charge is 0.320 e. The summed E-state index contributed by atoms with van der Waals surface area (Å²) in [5.74, 6) is -0.692. The summed E-state index contributed by atoms with van der Waals surface area (Å²) in [5, 5.41) is 8.89. The van der Waals surface area contributed by atoms with Crippen molar-refractivity contribution in [2.24, 2.45) is 0 Å². The number of aliphatic carboxylic acids is 1. The first kappa shape index (κ1) is 10.5. The zero-order valence-electron chi connectivity index (χ0n) is 8.49. The van der Waals surface area contributed by atoms with Crippen LogP contribution in [-0.4, -0.2) is 34.6 Å². The highest BCUT2D eigenvalue weighted by Crippen LogP contribution is 2.28. The third-order valence-corrected chi connectivity index (χ3v) is 2.64. The van der Waals surface area contributed by atoms with Gasteiger partial charge in [0.1, 0.15) is 6.04 Å². The standard InChI is InChI=1S/C10H19NO2/c1-3-4-7-11(9-5-6-9)8(2)10(12)13/h8-9H,3-7H2,1-2H3,(H,12,13). The van der Waals surface area contributed by atoms with E-state index in [2.05, 4.69) is 11.8 Å². The second-order valence-electron chi connectivity index (χ2n) is 3.84. The third kappa shape index (κ3) is 2.99. The summed E-state index contributed by atoms with van der Waals surface area (Å²) in [6, 6.07) is 0.247. The van der Waals surface area contributed by atoms with E-state index in [0.29, 0.717) is 6.04 Å². The molecular weight excluding hydrogens is 166 g/mol. The molecule has 0 saturated heterocycles. The van der Waals surface area contributed by atoms with E-state index in [9.17, 15) is 4.79 Å². The zero-order valence-corrected chi connectivity index (χ0v) is 8.49. The van der Waals surface area contributed by atoms with E-state index in [-0.39, 0.29) is 6.04 Å². The van der Waals surface area contributed by atoms with E-state index in [0.717, 1.165) is 19.4 Å². The molecule has 0 aromatic rings. The molecular formula is C10H19NO2. The molecule has 0 aromatic heterocycles. The van der Waals surface area contributed by atoms with Gasteiger partial charge in [0.25, 0.3) is 0 Å². The Morgan fingerprint density at radius 3 is 2.62 bits per heavy atom. The fourth-order valence-corrected chi connectivity index (χ4v) is 1.58. The van der Waals surface area contributed by atoms with Gasteiger partial charge in [0, 0.05) is 6.04 Å². The molecule has 0 aromatic carbocycles. The largest absolute Gasteiger partial charge is 0.480 e. The average Bonchev–Trinajstić information content (AvgIpc) is 2.88. The maximum absolute atomic E-state index is 10.8. The van der Waals surface area contributed by atoms with E-state index in [1.165, 1.54) is 12.8 Å². The predicted octanol–water partition coefficient (Wildman–Crippen LogP) is 1.72. The molecule has 1 aliphatic rings. The quantitative estimate of drug-likeness (QED) is 0.685. The number of carboxylic acids is 1. The Morgan fingerprint density at radius 1 is 1.62 bits per heavy atom. The summed E-state index contributed by atoms with van der Waals surface area (Å²) in [6.07, 6.45) is 4.60. The van der Waals surface area contributed by atoms with Crippen molar-refractivity contribution in [3.05, 3.63) is 0 Å². The molecule has 1 rings (SSSR count). The van der Waals surface area contributed by atoms with Gasteiger partial charge in [-0.15, -0.1) is 0 Å². The Balaban J connectivity index is 2.40. The van der Waals surface area contributed by atoms with Crippen molar-refractivity contribution < 1.29 is 9.90 Å². The van der Waals surface area contributed by atoms with E-state index in [1.54, 1.807) is 6.92 Å². The molecule has 1 unspecified atom stereocenters. The molecule has 3 heteroatoms. The van der Waals surface area contributed by atoms with Gasteiger partial charge < -0.3 is 5.11 Å². The Hall–Kier alpha value is -0.570. The average molecular weight is 185 g/mol. The highest BCUT2D eigenvalue weighted by Gasteiger charge is 2.34. The lowest BCUT2D eigenvalue weighted by atomic mass is 10.2. The summed E-state index contributed by atoms with van der Waals surface area (Å²) in [6.45, 7) is 4.86. The van der Waals surface area contributed by atoms with E-state index >= 15 is 0 Å². The fraction of sp³-hybridized carbons (Fsp3) is 0.900. The number of rotatable bonds is 6. The Morgan fingerprint density at radius 2 is 2.23 bits per heavy atom. The van der Waals surface area contributed by atoms with Crippen LogP contribution >= 0.6 is 0 Å². The molecule has 0 aliphatic heterocycles. The van der Waals surface area contributed by atoms with Crippen molar-refractivity contribution in [3.8, 4) is 0 Å². The maximum Gasteiger partial charge on any atom is 0.320 e. The van der Waals surface area contributed by atoms with Gasteiger partial charge in [-0.2, -0.15) is 0 Å². The van der Waals surface area contributed by atoms with E-state index in [1.807, 2.05) is 0 Å². The molecule has 1 saturated carbocycles. The second kappa shape index (κ2) is 4.61. The molecule has 0 radical (unpaired) electrons. The van der Waals surface area contributed by atoms with Crippen molar-refractivity contribution in [2.75, 3.05) is 6.54 Å². The topological polar surface area (TPSA) is 40.5 Å². The molecule has 13 heavy (non-hydrogen) atoms. The van der Waals surface area contributed by atoms with Gasteiger partial charge in [-0.05, 0) is 32.7 Å². The van der Waals surface area contributed by atoms with Crippen LogP contribution in [0.4, 0.5) is 0 Å². The van der Waals surface area contributed by atoms with Gasteiger partial charge in [0.15, 0.2) is 0 Å². The van der Waals surface area contributed by atoms with Crippen LogP contribution in [0.3, 0.4) is 0 Å². The number of carbonyl (C=O) groups is 1. The minimum Gasteiger partial charge on any atom is -0.480 e. The van der Waals surface area contributed by atoms with Gasteiger partial charge in [0.2, 0.25) is 0 Å². The summed E-state index contributed by atoms with van der Waals surface area (Å²) in [5.41, 5.74) is 0. The lowest BCUT2D eigenvalue weighted by Crippen LogP contribution is -2.41. The summed E-state index contributed by atoms with van der Waals surface area (Å²) < 4.78 is 0. The van der Waals surface area contributed by atoms with Gasteiger partial charge in [0.05, 0.1) is 0 Å². The summed E-state index contributed by atoms with van der Waals surface area (Å²) in [7, 11) is 0. The molecule has 1 aliphatic carbocycles. The Bertz CT molecular complexity index is 178. The number of hydrogen-bond acceptors (Lipinski definition) is 2. The zero-order chi connectivity index (χ0) is 9.84. The summed E-state index contributed by atoms with van der Waals surface area (Å²) in [4.78, 5) is 12.9. The maximum atomic E-state index is 10.8. The molecule has 0 heterocycles. The molecule has 1 fully saturated rings. The van der Waals surface area contributed by atoms with Gasteiger partial charge in [-0.1, -0.05) is 13.3 Å². The van der Waals surface area contributed by atoms with Crippen LogP contribution in [0.15, 0.2) is 0 Å². The lowest BCUT2D eigenvalue weighted by Gasteiger charge is -2.25. The fourth-order valence-electron chi connectivity index (χ4n) is 1.58. The normalized spacial score (nSPS) is 19.0. The number of nitrogens with zero attached hydrogens (tertiary/aromatic N) is 1. The van der Waals surface area contributed by atoms with Crippen LogP contribution in [-0.2, 0) is 4.79 Å². The predicted molar refractivity (Wildman–Crippen MR) is 51.7 cm³/mol. The summed E-state index contributed by atoms with van der Waals surface area (Å²) >= 11 is 0. The first-order valence-electron chi connectivity index (χ1n) is 5.15. The van der Waals surface area contributed by atoms with Crippen LogP contribution in [0.2, 0.25) is 0 Å². The van der Waals surface area contributed by atoms with Gasteiger partial charge in [-0.25, -0.2) is 0 Å². The second-order valence-corrected chi connectivity index (χ2v) is 3.84. The van der Waals surface area contributed by atoms with E-state index in [4.69, 9.17) is 5.11 Å².